The molecule has 2 aromatic rings. The average Bonchev–Trinajstić information content (AvgIpc) is 2.83. The number of amides is 1. The van der Waals surface area contributed by atoms with E-state index in [1.54, 1.807) is 0 Å². The second-order valence-corrected chi connectivity index (χ2v) is 5.70. The number of nitrogens with zero attached hydrogens (tertiary/aromatic N) is 2. The molecule has 22 heavy (non-hydrogen) atoms. The SMILES string of the molecule is Cc1cc(C)n(CCC(=O)N[C@@H]2CCOc3ccccc32)n1. The molecule has 5 nitrogen and oxygen atoms in total. The van der Waals surface area contributed by atoms with Crippen LogP contribution in [0.3, 0.4) is 0 Å². The molecule has 0 aliphatic carbocycles. The number of carbonyl (C=O) groups excluding carboxylic acids is 1. The third-order valence-electron chi connectivity index (χ3n) is 3.95. The molecule has 1 amide bonds. The predicted octanol–water partition coefficient (Wildman–Crippen LogP) is 2.53. The van der Waals surface area contributed by atoms with E-state index in [4.69, 9.17) is 4.74 Å². The number of hydrogen-bond donors (Lipinski definition) is 1. The van der Waals surface area contributed by atoms with Crippen molar-refractivity contribution < 1.29 is 9.53 Å². The highest BCUT2D eigenvalue weighted by Crippen LogP contribution is 2.31. The molecule has 0 unspecified atom stereocenters. The molecule has 5 heteroatoms. The third kappa shape index (κ3) is 3.13. The Morgan fingerprint density at radius 2 is 2.23 bits per heavy atom. The van der Waals surface area contributed by atoms with Crippen LogP contribution in [0.4, 0.5) is 0 Å². The minimum absolute atomic E-state index is 0.0397. The van der Waals surface area contributed by atoms with Gasteiger partial charge in [0, 0.05) is 30.6 Å². The molecule has 1 aromatic carbocycles. The lowest BCUT2D eigenvalue weighted by atomic mass is 10.0. The lowest BCUT2D eigenvalue weighted by molar-refractivity contribution is -0.122. The zero-order chi connectivity index (χ0) is 15.5. The van der Waals surface area contributed by atoms with Crippen LogP contribution in [0.15, 0.2) is 30.3 Å². The van der Waals surface area contributed by atoms with E-state index in [1.807, 2.05) is 48.9 Å². The Labute approximate surface area is 130 Å². The molecule has 0 fully saturated rings. The quantitative estimate of drug-likeness (QED) is 0.944. The van der Waals surface area contributed by atoms with Crippen LogP contribution in [0.1, 0.15) is 35.8 Å². The van der Waals surface area contributed by atoms with Crippen LogP contribution < -0.4 is 10.1 Å². The number of ether oxygens (including phenoxy) is 1. The summed E-state index contributed by atoms with van der Waals surface area (Å²) in [5.41, 5.74) is 3.13. The Hall–Kier alpha value is -2.30. The summed E-state index contributed by atoms with van der Waals surface area (Å²) in [4.78, 5) is 12.2. The van der Waals surface area contributed by atoms with Gasteiger partial charge in [-0.25, -0.2) is 0 Å². The fraction of sp³-hybridized carbons (Fsp3) is 0.412. The van der Waals surface area contributed by atoms with E-state index in [0.717, 1.165) is 29.1 Å². The molecule has 0 radical (unpaired) electrons. The first-order valence-corrected chi connectivity index (χ1v) is 7.65. The van der Waals surface area contributed by atoms with Gasteiger partial charge in [-0.05, 0) is 26.0 Å². The van der Waals surface area contributed by atoms with Crippen LogP contribution in [0.2, 0.25) is 0 Å². The Kier molecular flexibility index (Phi) is 4.13. The smallest absolute Gasteiger partial charge is 0.222 e. The van der Waals surface area contributed by atoms with E-state index in [-0.39, 0.29) is 11.9 Å². The molecule has 3 rings (SSSR count). The van der Waals surface area contributed by atoms with Crippen molar-refractivity contribution in [3.8, 4) is 5.75 Å². The summed E-state index contributed by atoms with van der Waals surface area (Å²) < 4.78 is 7.50. The lowest BCUT2D eigenvalue weighted by Crippen LogP contribution is -2.32. The molecular weight excluding hydrogens is 278 g/mol. The van der Waals surface area contributed by atoms with Gasteiger partial charge < -0.3 is 10.1 Å². The van der Waals surface area contributed by atoms with Gasteiger partial charge in [-0.15, -0.1) is 0 Å². The second-order valence-electron chi connectivity index (χ2n) is 5.70. The van der Waals surface area contributed by atoms with Gasteiger partial charge in [0.2, 0.25) is 5.91 Å². The van der Waals surface area contributed by atoms with Gasteiger partial charge in [0.1, 0.15) is 5.75 Å². The standard InChI is InChI=1S/C17H21N3O2/c1-12-11-13(2)20(19-12)9-7-17(21)18-15-8-10-22-16-6-4-3-5-14(15)16/h3-6,11,15H,7-10H2,1-2H3,(H,18,21)/t15-/m1/s1. The van der Waals surface area contributed by atoms with Gasteiger partial charge in [-0.3, -0.25) is 9.48 Å². The zero-order valence-electron chi connectivity index (χ0n) is 13.0. The van der Waals surface area contributed by atoms with Gasteiger partial charge in [0.05, 0.1) is 18.3 Å². The van der Waals surface area contributed by atoms with Crippen molar-refractivity contribution in [2.45, 2.75) is 39.3 Å². The number of rotatable bonds is 4. The number of para-hydroxylation sites is 1. The maximum atomic E-state index is 12.2. The minimum Gasteiger partial charge on any atom is -0.493 e. The van der Waals surface area contributed by atoms with Crippen LogP contribution in [-0.4, -0.2) is 22.3 Å². The van der Waals surface area contributed by atoms with Crippen molar-refractivity contribution in [1.82, 2.24) is 15.1 Å². The van der Waals surface area contributed by atoms with Gasteiger partial charge >= 0.3 is 0 Å². The van der Waals surface area contributed by atoms with E-state index in [2.05, 4.69) is 10.4 Å². The summed E-state index contributed by atoms with van der Waals surface area (Å²) in [7, 11) is 0. The van der Waals surface area contributed by atoms with E-state index in [1.165, 1.54) is 0 Å². The Morgan fingerprint density at radius 1 is 1.41 bits per heavy atom. The van der Waals surface area contributed by atoms with Crippen LogP contribution in [0, 0.1) is 13.8 Å². The number of nitrogens with one attached hydrogen (secondary N) is 1. The highest BCUT2D eigenvalue weighted by atomic mass is 16.5. The average molecular weight is 299 g/mol. The van der Waals surface area contributed by atoms with Crippen molar-refractivity contribution in [3.05, 3.63) is 47.3 Å². The Morgan fingerprint density at radius 3 is 3.00 bits per heavy atom. The van der Waals surface area contributed by atoms with Crippen molar-refractivity contribution in [1.29, 1.82) is 0 Å². The summed E-state index contributed by atoms with van der Waals surface area (Å²) >= 11 is 0. The molecule has 116 valence electrons. The largest absolute Gasteiger partial charge is 0.493 e. The molecule has 1 aliphatic heterocycles. The summed E-state index contributed by atoms with van der Waals surface area (Å²) in [5.74, 6) is 0.923. The third-order valence-corrected chi connectivity index (χ3v) is 3.95. The molecule has 0 spiro atoms. The monoisotopic (exact) mass is 299 g/mol. The molecule has 0 saturated carbocycles. The number of carbonyl (C=O) groups is 1. The van der Waals surface area contributed by atoms with E-state index in [9.17, 15) is 4.79 Å². The lowest BCUT2D eigenvalue weighted by Gasteiger charge is -2.26. The maximum Gasteiger partial charge on any atom is 0.222 e. The Bertz CT molecular complexity index is 678. The van der Waals surface area contributed by atoms with Gasteiger partial charge in [0.25, 0.3) is 0 Å². The highest BCUT2D eigenvalue weighted by molar-refractivity contribution is 5.76. The molecule has 1 N–H and O–H groups in total. The van der Waals surface area contributed by atoms with Crippen molar-refractivity contribution in [3.63, 3.8) is 0 Å². The summed E-state index contributed by atoms with van der Waals surface area (Å²) in [6.07, 6.45) is 1.24. The minimum atomic E-state index is 0.0397. The van der Waals surface area contributed by atoms with E-state index < -0.39 is 0 Å². The van der Waals surface area contributed by atoms with Gasteiger partial charge in [0.15, 0.2) is 0 Å². The Balaban J connectivity index is 1.60. The second kappa shape index (κ2) is 6.22. The first kappa shape index (κ1) is 14.6. The topological polar surface area (TPSA) is 56.2 Å². The first-order valence-electron chi connectivity index (χ1n) is 7.65. The summed E-state index contributed by atoms with van der Waals surface area (Å²) in [6, 6.07) is 9.95. The first-order chi connectivity index (χ1) is 10.6. The fourth-order valence-electron chi connectivity index (χ4n) is 2.87. The van der Waals surface area contributed by atoms with Gasteiger partial charge in [-0.2, -0.15) is 5.10 Å². The van der Waals surface area contributed by atoms with Gasteiger partial charge in [-0.1, -0.05) is 18.2 Å². The van der Waals surface area contributed by atoms with Crippen LogP contribution >= 0.6 is 0 Å². The van der Waals surface area contributed by atoms with E-state index in [0.29, 0.717) is 19.6 Å². The molecular formula is C17H21N3O2. The highest BCUT2D eigenvalue weighted by Gasteiger charge is 2.22. The molecule has 1 aromatic heterocycles. The maximum absolute atomic E-state index is 12.2. The number of fused-ring (bicyclic) bond motifs is 1. The molecule has 1 aliphatic rings. The summed E-state index contributed by atoms with van der Waals surface area (Å²) in [6.45, 7) is 5.21. The molecule has 1 atom stereocenters. The number of hydrogen-bond acceptors (Lipinski definition) is 3. The van der Waals surface area contributed by atoms with Crippen LogP contribution in [0.5, 0.6) is 5.75 Å². The number of benzene rings is 1. The number of aryl methyl sites for hydroxylation is 3. The van der Waals surface area contributed by atoms with Crippen molar-refractivity contribution >= 4 is 5.91 Å². The van der Waals surface area contributed by atoms with Crippen molar-refractivity contribution in [2.75, 3.05) is 6.61 Å². The summed E-state index contributed by atoms with van der Waals surface area (Å²) in [5, 5.41) is 7.49. The normalized spacial score (nSPS) is 16.7. The fourth-order valence-corrected chi connectivity index (χ4v) is 2.87. The van der Waals surface area contributed by atoms with E-state index >= 15 is 0 Å². The van der Waals surface area contributed by atoms with Crippen LogP contribution in [0.25, 0.3) is 0 Å². The molecule has 0 bridgehead atoms. The van der Waals surface area contributed by atoms with Crippen LogP contribution in [-0.2, 0) is 11.3 Å². The van der Waals surface area contributed by atoms with Crippen molar-refractivity contribution in [2.24, 2.45) is 0 Å². The predicted molar refractivity (Wildman–Crippen MR) is 83.8 cm³/mol. The molecule has 2 heterocycles. The zero-order valence-corrected chi connectivity index (χ0v) is 13.0. The number of aromatic nitrogens is 2. The molecule has 0 saturated heterocycles.